The maximum absolute atomic E-state index is 12.5. The minimum Gasteiger partial charge on any atom is -0.346 e. The first kappa shape index (κ1) is 30.5. The third kappa shape index (κ3) is 11.6. The van der Waals surface area contributed by atoms with Gasteiger partial charge in [-0.15, -0.1) is 0 Å². The third-order valence-electron chi connectivity index (χ3n) is 6.75. The van der Waals surface area contributed by atoms with Crippen molar-refractivity contribution in [1.82, 2.24) is 0 Å². The molecule has 1 saturated heterocycles. The van der Waals surface area contributed by atoms with Gasteiger partial charge in [-0.1, -0.05) is 41.5 Å². The predicted molar refractivity (Wildman–Crippen MR) is 121 cm³/mol. The zero-order chi connectivity index (χ0) is 27.2. The molecule has 1 aliphatic rings. The van der Waals surface area contributed by atoms with E-state index in [0.717, 1.165) is 0 Å². The summed E-state index contributed by atoms with van der Waals surface area (Å²) >= 11 is 0. The number of hydrogen-bond acceptors (Lipinski definition) is 9. The highest BCUT2D eigenvalue weighted by molar-refractivity contribution is 7.47. The monoisotopic (exact) mass is 558 g/mol. The third-order valence-corrected chi connectivity index (χ3v) is 8.69. The molecule has 5 N–H and O–H groups in total. The molecule has 1 heterocycles. The van der Waals surface area contributed by atoms with Crippen LogP contribution in [0.2, 0.25) is 0 Å². The highest BCUT2D eigenvalue weighted by atomic mass is 31.2. The fourth-order valence-corrected chi connectivity index (χ4v) is 5.34. The number of phosphoric ester groups is 3. The second-order valence-corrected chi connectivity index (χ2v) is 13.0. The Labute approximate surface area is 202 Å². The molecule has 10 atom stereocenters. The molecule has 13 nitrogen and oxygen atoms in total. The van der Waals surface area contributed by atoms with Gasteiger partial charge in [-0.25, -0.2) is 13.7 Å². The Morgan fingerprint density at radius 1 is 0.882 bits per heavy atom. The van der Waals surface area contributed by atoms with Crippen molar-refractivity contribution >= 4 is 23.5 Å². The lowest BCUT2D eigenvalue weighted by atomic mass is 9.79. The molecule has 16 heteroatoms. The molecule has 0 bridgehead atoms. The lowest BCUT2D eigenvalue weighted by Crippen LogP contribution is -2.47. The van der Waals surface area contributed by atoms with Gasteiger partial charge in [0.2, 0.25) is 1.43 Å². The van der Waals surface area contributed by atoms with Gasteiger partial charge < -0.3 is 29.2 Å². The van der Waals surface area contributed by atoms with Gasteiger partial charge >= 0.3 is 23.5 Å². The minimum absolute atomic E-state index is 0.0245. The lowest BCUT2D eigenvalue weighted by molar-refractivity contribution is -0.224. The fraction of sp³-hybridized carbons (Fsp3) is 1.00. The van der Waals surface area contributed by atoms with Crippen molar-refractivity contribution in [2.24, 2.45) is 35.5 Å². The van der Waals surface area contributed by atoms with Gasteiger partial charge in [-0.2, -0.15) is 0 Å². The molecular weight excluding hydrogens is 517 g/mol. The van der Waals surface area contributed by atoms with Crippen LogP contribution in [0.1, 0.15) is 48.0 Å². The van der Waals surface area contributed by atoms with E-state index < -0.39 is 42.5 Å². The van der Waals surface area contributed by atoms with Gasteiger partial charge in [0.1, 0.15) is 0 Å². The summed E-state index contributed by atoms with van der Waals surface area (Å²) in [7, 11) is -13.6. The summed E-state index contributed by atoms with van der Waals surface area (Å²) in [5.74, 6) is -0.763. The largest absolute Gasteiger partial charge is 0.474 e. The Morgan fingerprint density at radius 3 is 2.06 bits per heavy atom. The zero-order valence-electron chi connectivity index (χ0n) is 21.3. The number of hydrogen-bond donors (Lipinski definition) is 5. The van der Waals surface area contributed by atoms with Crippen LogP contribution in [-0.4, -0.2) is 58.1 Å². The van der Waals surface area contributed by atoms with E-state index in [4.69, 9.17) is 34.4 Å². The van der Waals surface area contributed by atoms with Gasteiger partial charge in [0, 0.05) is 5.92 Å². The van der Waals surface area contributed by atoms with Gasteiger partial charge in [0.25, 0.3) is 0 Å². The van der Waals surface area contributed by atoms with Crippen molar-refractivity contribution in [2.45, 2.75) is 60.4 Å². The molecule has 5 unspecified atom stereocenters. The van der Waals surface area contributed by atoms with E-state index in [1.54, 1.807) is 13.8 Å². The van der Waals surface area contributed by atoms with E-state index in [0.29, 0.717) is 6.42 Å². The van der Waals surface area contributed by atoms with Crippen LogP contribution in [0.15, 0.2) is 0 Å². The Kier molecular flexibility index (Phi) is 11.8. The summed E-state index contributed by atoms with van der Waals surface area (Å²) in [4.78, 5) is 40.9. The number of ether oxygens (including phenoxy) is 1. The van der Waals surface area contributed by atoms with Crippen molar-refractivity contribution in [3.63, 3.8) is 0 Å². The van der Waals surface area contributed by atoms with Crippen molar-refractivity contribution in [2.75, 3.05) is 19.8 Å². The molecule has 0 aromatic heterocycles. The van der Waals surface area contributed by atoms with E-state index in [1.165, 1.54) is 0 Å². The first-order valence-corrected chi connectivity index (χ1v) is 15.5. The van der Waals surface area contributed by atoms with Crippen LogP contribution in [-0.2, 0) is 36.5 Å². The van der Waals surface area contributed by atoms with Gasteiger partial charge in [-0.3, -0.25) is 18.1 Å². The summed E-state index contributed by atoms with van der Waals surface area (Å²) in [6.45, 7) is 10.4. The Morgan fingerprint density at radius 2 is 1.50 bits per heavy atom. The first-order valence-electron chi connectivity index (χ1n) is 11.4. The molecule has 1 fully saturated rings. The smallest absolute Gasteiger partial charge is 0.346 e. The van der Waals surface area contributed by atoms with Gasteiger partial charge in [0.05, 0.1) is 25.9 Å². The van der Waals surface area contributed by atoms with Crippen LogP contribution < -0.4 is 0 Å². The average molecular weight is 558 g/mol. The molecule has 0 aliphatic carbocycles. The highest BCUT2D eigenvalue weighted by Crippen LogP contribution is 2.49. The summed E-state index contributed by atoms with van der Waals surface area (Å²) in [6, 6.07) is 0. The molecular formula is C18H39O13P3. The van der Waals surface area contributed by atoms with E-state index in [9.17, 15) is 18.6 Å². The van der Waals surface area contributed by atoms with Crippen LogP contribution in [0, 0.1) is 35.5 Å². The van der Waals surface area contributed by atoms with Crippen LogP contribution in [0.4, 0.5) is 0 Å². The summed E-state index contributed by atoms with van der Waals surface area (Å²) in [6.07, 6.45) is -1.54. The van der Waals surface area contributed by atoms with E-state index in [-0.39, 0.29) is 48.7 Å². The Bertz CT molecular complexity index is 796. The molecule has 1 aliphatic heterocycles. The van der Waals surface area contributed by atoms with E-state index in [1.807, 2.05) is 27.7 Å². The van der Waals surface area contributed by atoms with Crippen molar-refractivity contribution in [3.8, 4) is 0 Å². The second-order valence-electron chi connectivity index (χ2n) is 9.18. The van der Waals surface area contributed by atoms with Crippen molar-refractivity contribution in [3.05, 3.63) is 0 Å². The maximum Gasteiger partial charge on any atom is 0.474 e. The number of rotatable bonds is 15. The lowest BCUT2D eigenvalue weighted by Gasteiger charge is -2.43. The van der Waals surface area contributed by atoms with E-state index in [2.05, 4.69) is 9.42 Å². The average Bonchev–Trinajstić information content (AvgIpc) is 2.75. The van der Waals surface area contributed by atoms with Gasteiger partial charge in [-0.05, 0) is 36.0 Å². The molecule has 0 aromatic rings. The molecule has 34 heavy (non-hydrogen) atoms. The topological polar surface area (TPSA) is 199 Å². The normalized spacial score (nSPS) is 32.8. The van der Waals surface area contributed by atoms with Gasteiger partial charge in [0.15, 0.2) is 6.29 Å². The molecule has 0 spiro atoms. The maximum atomic E-state index is 12.5. The molecule has 0 radical (unpaired) electrons. The van der Waals surface area contributed by atoms with Crippen molar-refractivity contribution < 1.29 is 61.0 Å². The van der Waals surface area contributed by atoms with E-state index >= 15 is 0 Å². The first-order chi connectivity index (χ1) is 15.9. The van der Waals surface area contributed by atoms with Crippen LogP contribution in [0.3, 0.4) is 0 Å². The highest BCUT2D eigenvalue weighted by Gasteiger charge is 2.43. The molecule has 0 aromatic carbocycles. The van der Waals surface area contributed by atoms with Crippen LogP contribution in [0.5, 0.6) is 0 Å². The second kappa shape index (κ2) is 13.2. The summed E-state index contributed by atoms with van der Waals surface area (Å²) < 4.78 is 66.7. The fourth-order valence-electron chi connectivity index (χ4n) is 3.67. The van der Waals surface area contributed by atoms with Crippen LogP contribution >= 0.6 is 23.5 Å². The molecule has 204 valence electrons. The standard InChI is InChI=1S/C18H39O13P3/c1-11(13(3)12(2)9-28-32(19,20)21)7-8-27-34(25,26)31-18-16(6)14(4)15(5)17(30-18)10-29-33(22,23)24/h11-18H,7-10H2,1-6H3,(H,25,26)(H2,19,20,21)(H2,22,23,24)/t11-,12?,13+,14+,15+,16?,17?,18-/m1/s1/i/hT. The predicted octanol–water partition coefficient (Wildman–Crippen LogP) is 3.27. The molecule has 0 amide bonds. The molecule has 0 saturated carbocycles. The summed E-state index contributed by atoms with van der Waals surface area (Å²) in [5, 5.41) is 0. The SMILES string of the molecule is [3H]OP(=O)(O)OCC(C)[C@@H](C)[C@H](C)CCOP(=O)(O)O[C@H]1OC(COP(=O)(O)O)[C@@H](C)[C@H](C)C1C. The van der Waals surface area contributed by atoms with Crippen LogP contribution in [0.25, 0.3) is 0 Å². The number of phosphoric acid groups is 3. The molecule has 1 rings (SSSR count). The summed E-state index contributed by atoms with van der Waals surface area (Å²) in [5.41, 5.74) is 0. The quantitative estimate of drug-likeness (QED) is 0.184. The Balaban J connectivity index is 2.60. The minimum atomic E-state index is -4.71. The van der Waals surface area contributed by atoms with Crippen molar-refractivity contribution in [1.29, 1.82) is 1.43 Å². The Hall–Kier alpha value is 0.290. The zero-order valence-corrected chi connectivity index (χ0v) is 22.9.